The van der Waals surface area contributed by atoms with E-state index < -0.39 is 4.92 Å². The van der Waals surface area contributed by atoms with Gasteiger partial charge >= 0.3 is 0 Å². The van der Waals surface area contributed by atoms with Crippen LogP contribution in [0.25, 0.3) is 0 Å². The Hall–Kier alpha value is -1.99. The lowest BCUT2D eigenvalue weighted by atomic mass is 9.99. The molecule has 1 amide bonds. The van der Waals surface area contributed by atoms with Crippen LogP contribution in [0.3, 0.4) is 0 Å². The zero-order valence-electron chi connectivity index (χ0n) is 12.0. The van der Waals surface area contributed by atoms with E-state index in [9.17, 15) is 14.9 Å². The van der Waals surface area contributed by atoms with Crippen molar-refractivity contribution in [3.8, 4) is 0 Å². The van der Waals surface area contributed by atoms with Crippen molar-refractivity contribution in [1.82, 2.24) is 4.90 Å². The summed E-state index contributed by atoms with van der Waals surface area (Å²) in [6, 6.07) is 6.32. The van der Waals surface area contributed by atoms with Crippen LogP contribution in [-0.2, 0) is 4.79 Å². The molecule has 0 saturated carbocycles. The lowest BCUT2D eigenvalue weighted by molar-refractivity contribution is -0.384. The van der Waals surface area contributed by atoms with E-state index in [1.807, 2.05) is 0 Å². The lowest BCUT2D eigenvalue weighted by Gasteiger charge is -2.35. The van der Waals surface area contributed by atoms with Crippen molar-refractivity contribution in [3.05, 3.63) is 34.4 Å². The Balaban J connectivity index is 1.88. The van der Waals surface area contributed by atoms with Crippen LogP contribution in [0, 0.1) is 10.1 Å². The van der Waals surface area contributed by atoms with Crippen LogP contribution in [0.4, 0.5) is 11.4 Å². The predicted octanol–water partition coefficient (Wildman–Crippen LogP) is 1.34. The van der Waals surface area contributed by atoms with E-state index in [1.165, 1.54) is 24.3 Å². The molecule has 1 aliphatic heterocycles. The zero-order valence-corrected chi connectivity index (χ0v) is 12.0. The second kappa shape index (κ2) is 6.64. The Labute approximate surface area is 123 Å². The number of piperidine rings is 1. The van der Waals surface area contributed by atoms with Gasteiger partial charge in [0.15, 0.2) is 0 Å². The maximum absolute atomic E-state index is 12.0. The van der Waals surface area contributed by atoms with Crippen molar-refractivity contribution in [1.29, 1.82) is 0 Å². The number of carbonyl (C=O) groups is 1. The highest BCUT2D eigenvalue weighted by atomic mass is 16.6. The molecular formula is C14H20N4O3. The van der Waals surface area contributed by atoms with Crippen LogP contribution in [0.15, 0.2) is 24.3 Å². The molecule has 0 aromatic heterocycles. The maximum atomic E-state index is 12.0. The fourth-order valence-electron chi connectivity index (χ4n) is 2.54. The number of rotatable bonds is 4. The third-order valence-corrected chi connectivity index (χ3v) is 3.76. The van der Waals surface area contributed by atoms with Gasteiger partial charge in [0.2, 0.25) is 5.91 Å². The van der Waals surface area contributed by atoms with E-state index >= 15 is 0 Å². The molecule has 1 saturated heterocycles. The number of nitrogens with zero attached hydrogens (tertiary/aromatic N) is 2. The molecule has 1 aromatic carbocycles. The minimum absolute atomic E-state index is 0.00615. The molecule has 21 heavy (non-hydrogen) atoms. The first-order valence-electron chi connectivity index (χ1n) is 6.99. The largest absolute Gasteiger partial charge is 0.328 e. The Morgan fingerprint density at radius 3 is 2.71 bits per heavy atom. The number of likely N-dealkylation sites (tertiary alicyclic amines) is 1. The molecule has 1 fully saturated rings. The minimum atomic E-state index is -0.468. The number of hydrogen-bond acceptors (Lipinski definition) is 5. The summed E-state index contributed by atoms with van der Waals surface area (Å²) in [6.45, 7) is 3.19. The molecular weight excluding hydrogens is 272 g/mol. The van der Waals surface area contributed by atoms with Crippen LogP contribution < -0.4 is 11.1 Å². The van der Waals surface area contributed by atoms with Crippen LogP contribution in [0.2, 0.25) is 0 Å². The fraction of sp³-hybridized carbons (Fsp3) is 0.500. The van der Waals surface area contributed by atoms with Gasteiger partial charge in [-0.3, -0.25) is 19.8 Å². The highest BCUT2D eigenvalue weighted by Crippen LogP contribution is 2.17. The smallest absolute Gasteiger partial charge is 0.269 e. The van der Waals surface area contributed by atoms with Crippen LogP contribution in [0.5, 0.6) is 0 Å². The number of carbonyl (C=O) groups excluding carboxylic acids is 1. The highest BCUT2D eigenvalue weighted by Gasteiger charge is 2.24. The van der Waals surface area contributed by atoms with Crippen LogP contribution in [0.1, 0.15) is 19.8 Å². The van der Waals surface area contributed by atoms with Gasteiger partial charge < -0.3 is 11.1 Å². The molecule has 2 rings (SSSR count). The zero-order chi connectivity index (χ0) is 15.4. The summed E-state index contributed by atoms with van der Waals surface area (Å²) < 4.78 is 0. The average molecular weight is 292 g/mol. The molecule has 114 valence electrons. The number of nitrogens with two attached hydrogens (primary N) is 1. The molecule has 2 unspecified atom stereocenters. The third-order valence-electron chi connectivity index (χ3n) is 3.76. The van der Waals surface area contributed by atoms with Gasteiger partial charge in [-0.1, -0.05) is 0 Å². The Morgan fingerprint density at radius 2 is 2.14 bits per heavy atom. The molecule has 7 heteroatoms. The lowest BCUT2D eigenvalue weighted by Crippen LogP contribution is -2.48. The quantitative estimate of drug-likeness (QED) is 0.644. The van der Waals surface area contributed by atoms with E-state index in [4.69, 9.17) is 5.73 Å². The van der Waals surface area contributed by atoms with Crippen molar-refractivity contribution < 1.29 is 9.72 Å². The molecule has 1 heterocycles. The normalized spacial score (nSPS) is 22.8. The molecule has 0 aliphatic carbocycles. The summed E-state index contributed by atoms with van der Waals surface area (Å²) in [5.41, 5.74) is 6.47. The van der Waals surface area contributed by atoms with Gasteiger partial charge in [0, 0.05) is 36.4 Å². The van der Waals surface area contributed by atoms with Gasteiger partial charge in [0.1, 0.15) is 0 Å². The molecule has 1 aromatic rings. The summed E-state index contributed by atoms with van der Waals surface area (Å²) in [5, 5.41) is 13.3. The Morgan fingerprint density at radius 1 is 1.48 bits per heavy atom. The fourth-order valence-corrected chi connectivity index (χ4v) is 2.54. The number of hydrogen-bond donors (Lipinski definition) is 2. The van der Waals surface area contributed by atoms with Gasteiger partial charge in [-0.05, 0) is 31.9 Å². The summed E-state index contributed by atoms with van der Waals surface area (Å²) in [7, 11) is 0. The van der Waals surface area contributed by atoms with Crippen molar-refractivity contribution >= 4 is 17.3 Å². The summed E-state index contributed by atoms with van der Waals surface area (Å²) in [6.07, 6.45) is 1.79. The second-order valence-corrected chi connectivity index (χ2v) is 5.46. The van der Waals surface area contributed by atoms with Gasteiger partial charge in [-0.15, -0.1) is 0 Å². The van der Waals surface area contributed by atoms with Crippen molar-refractivity contribution in [2.75, 3.05) is 18.4 Å². The molecule has 1 aliphatic rings. The van der Waals surface area contributed by atoms with Crippen molar-refractivity contribution in [2.24, 2.45) is 5.73 Å². The third kappa shape index (κ3) is 4.24. The number of non-ortho nitro benzene ring substituents is 1. The van der Waals surface area contributed by atoms with Gasteiger partial charge in [0.05, 0.1) is 11.5 Å². The molecule has 7 nitrogen and oxygen atoms in total. The van der Waals surface area contributed by atoms with Gasteiger partial charge in [-0.2, -0.15) is 0 Å². The van der Waals surface area contributed by atoms with Crippen molar-refractivity contribution in [3.63, 3.8) is 0 Å². The van der Waals surface area contributed by atoms with E-state index in [1.54, 1.807) is 0 Å². The summed E-state index contributed by atoms with van der Waals surface area (Å²) >= 11 is 0. The van der Waals surface area contributed by atoms with Crippen LogP contribution >= 0.6 is 0 Å². The Bertz CT molecular complexity index is 517. The van der Waals surface area contributed by atoms with E-state index in [-0.39, 0.29) is 23.7 Å². The first-order valence-corrected chi connectivity index (χ1v) is 6.99. The number of nitrogens with one attached hydrogen (secondary N) is 1. The van der Waals surface area contributed by atoms with E-state index in [0.717, 1.165) is 19.4 Å². The molecule has 2 atom stereocenters. The standard InChI is InChI=1S/C14H20N4O3/c1-10-8-11(15)6-7-17(10)9-14(19)16-12-2-4-13(5-3-12)18(20)21/h2-5,10-11H,6-9,15H2,1H3,(H,16,19). The predicted molar refractivity (Wildman–Crippen MR) is 80.0 cm³/mol. The number of nitro groups is 1. The van der Waals surface area contributed by atoms with E-state index in [0.29, 0.717) is 12.2 Å². The van der Waals surface area contributed by atoms with Gasteiger partial charge in [0.25, 0.3) is 5.69 Å². The number of anilines is 1. The molecule has 0 bridgehead atoms. The number of amides is 1. The Kier molecular flexibility index (Phi) is 4.87. The second-order valence-electron chi connectivity index (χ2n) is 5.46. The minimum Gasteiger partial charge on any atom is -0.328 e. The molecule has 0 radical (unpaired) electrons. The number of nitro benzene ring substituents is 1. The molecule has 0 spiro atoms. The highest BCUT2D eigenvalue weighted by molar-refractivity contribution is 5.92. The molecule has 3 N–H and O–H groups in total. The average Bonchev–Trinajstić information content (AvgIpc) is 2.42. The van der Waals surface area contributed by atoms with E-state index in [2.05, 4.69) is 17.1 Å². The number of benzene rings is 1. The van der Waals surface area contributed by atoms with Crippen LogP contribution in [-0.4, -0.2) is 40.9 Å². The maximum Gasteiger partial charge on any atom is 0.269 e. The van der Waals surface area contributed by atoms with Crippen molar-refractivity contribution in [2.45, 2.75) is 31.8 Å². The topological polar surface area (TPSA) is 102 Å². The first kappa shape index (κ1) is 15.4. The summed E-state index contributed by atoms with van der Waals surface area (Å²) in [5.74, 6) is -0.119. The first-order chi connectivity index (χ1) is 9.95. The SMILES string of the molecule is CC1CC(N)CCN1CC(=O)Nc1ccc([N+](=O)[O-])cc1. The van der Waals surface area contributed by atoms with Gasteiger partial charge in [-0.25, -0.2) is 0 Å². The summed E-state index contributed by atoms with van der Waals surface area (Å²) in [4.78, 5) is 24.2. The monoisotopic (exact) mass is 292 g/mol.